The summed E-state index contributed by atoms with van der Waals surface area (Å²) in [6.45, 7) is 3.57. The average Bonchev–Trinajstić information content (AvgIpc) is 2.00. The van der Waals surface area contributed by atoms with Gasteiger partial charge in [-0.3, -0.25) is 9.59 Å². The van der Waals surface area contributed by atoms with Crippen LogP contribution in [0.4, 0.5) is 0 Å². The summed E-state index contributed by atoms with van der Waals surface area (Å²) >= 11 is 0. The Morgan fingerprint density at radius 2 is 2.00 bits per heavy atom. The number of aliphatic hydroxyl groups is 1. The largest absolute Gasteiger partial charge is 0.392 e. The van der Waals surface area contributed by atoms with Gasteiger partial charge < -0.3 is 15.7 Å². The van der Waals surface area contributed by atoms with E-state index in [1.165, 1.54) is 6.92 Å². The highest BCUT2D eigenvalue weighted by atomic mass is 16.3. The highest BCUT2D eigenvalue weighted by molar-refractivity contribution is 5.77. The molecule has 5 nitrogen and oxygen atoms in total. The second-order valence-corrected chi connectivity index (χ2v) is 2.89. The van der Waals surface area contributed by atoms with Crippen LogP contribution in [0.25, 0.3) is 0 Å². The molecule has 1 atom stereocenters. The third-order valence-electron chi connectivity index (χ3n) is 1.32. The van der Waals surface area contributed by atoms with Gasteiger partial charge in [-0.25, -0.2) is 0 Å². The molecule has 13 heavy (non-hydrogen) atoms. The smallest absolute Gasteiger partial charge is 0.221 e. The van der Waals surface area contributed by atoms with E-state index in [4.69, 9.17) is 5.11 Å². The lowest BCUT2D eigenvalue weighted by Gasteiger charge is -2.06. The van der Waals surface area contributed by atoms with E-state index in [0.717, 1.165) is 0 Å². The van der Waals surface area contributed by atoms with Crippen LogP contribution in [0.3, 0.4) is 0 Å². The predicted octanol–water partition coefficient (Wildman–Crippen LogP) is -0.990. The third-order valence-corrected chi connectivity index (χ3v) is 1.32. The Bertz CT molecular complexity index is 180. The van der Waals surface area contributed by atoms with E-state index in [-0.39, 0.29) is 24.8 Å². The van der Waals surface area contributed by atoms with E-state index in [0.29, 0.717) is 6.54 Å². The van der Waals surface area contributed by atoms with E-state index in [9.17, 15) is 9.59 Å². The maximum absolute atomic E-state index is 11.0. The number of amides is 2. The number of rotatable bonds is 5. The number of carbonyl (C=O) groups excluding carboxylic acids is 2. The van der Waals surface area contributed by atoms with Crippen molar-refractivity contribution < 1.29 is 14.7 Å². The second kappa shape index (κ2) is 6.42. The molecule has 0 fully saturated rings. The van der Waals surface area contributed by atoms with Crippen LogP contribution in [0.2, 0.25) is 0 Å². The molecule has 0 saturated heterocycles. The summed E-state index contributed by atoms with van der Waals surface area (Å²) in [5, 5.41) is 13.8. The molecule has 5 heteroatoms. The molecule has 3 N–H and O–H groups in total. The van der Waals surface area contributed by atoms with Crippen LogP contribution in [0, 0.1) is 0 Å². The average molecular weight is 188 g/mol. The van der Waals surface area contributed by atoms with Crippen molar-refractivity contribution in [2.45, 2.75) is 26.4 Å². The van der Waals surface area contributed by atoms with Crippen LogP contribution < -0.4 is 10.6 Å². The quantitative estimate of drug-likeness (QED) is 0.518. The fraction of sp³-hybridized carbons (Fsp3) is 0.750. The van der Waals surface area contributed by atoms with Gasteiger partial charge in [-0.1, -0.05) is 0 Å². The van der Waals surface area contributed by atoms with Crippen molar-refractivity contribution in [2.75, 3.05) is 13.1 Å². The Labute approximate surface area is 77.5 Å². The minimum absolute atomic E-state index is 0.150. The van der Waals surface area contributed by atoms with E-state index in [1.807, 2.05) is 0 Å². The molecule has 0 bridgehead atoms. The standard InChI is InChI=1S/C8H16N2O3/c1-6(11)5-10-8(13)3-4-9-7(2)12/h6,11H,3-5H2,1-2H3,(H,9,12)(H,10,13)/t6-/m1/s1. The van der Waals surface area contributed by atoms with Gasteiger partial charge in [-0.2, -0.15) is 0 Å². The van der Waals surface area contributed by atoms with Gasteiger partial charge in [0.25, 0.3) is 0 Å². The second-order valence-electron chi connectivity index (χ2n) is 2.89. The zero-order valence-corrected chi connectivity index (χ0v) is 7.96. The summed E-state index contributed by atoms with van der Waals surface area (Å²) in [6, 6.07) is 0. The van der Waals surface area contributed by atoms with Crippen LogP contribution >= 0.6 is 0 Å². The van der Waals surface area contributed by atoms with Gasteiger partial charge in [0.05, 0.1) is 6.10 Å². The van der Waals surface area contributed by atoms with Crippen molar-refractivity contribution in [3.8, 4) is 0 Å². The molecule has 0 aliphatic carbocycles. The number of hydrogen-bond donors (Lipinski definition) is 3. The third kappa shape index (κ3) is 8.81. The van der Waals surface area contributed by atoms with Crippen LogP contribution in [-0.2, 0) is 9.59 Å². The molecule has 0 aromatic heterocycles. The molecular formula is C8H16N2O3. The number of aliphatic hydroxyl groups excluding tert-OH is 1. The number of nitrogens with one attached hydrogen (secondary N) is 2. The summed E-state index contributed by atoms with van der Waals surface area (Å²) in [4.78, 5) is 21.4. The van der Waals surface area contributed by atoms with Gasteiger partial charge >= 0.3 is 0 Å². The fourth-order valence-electron chi connectivity index (χ4n) is 0.702. The Hall–Kier alpha value is -1.10. The molecule has 0 unspecified atom stereocenters. The zero-order chi connectivity index (χ0) is 10.3. The molecule has 2 amide bonds. The molecule has 0 saturated carbocycles. The molecular weight excluding hydrogens is 172 g/mol. The molecule has 0 aliphatic heterocycles. The predicted molar refractivity (Wildman–Crippen MR) is 48.0 cm³/mol. The van der Waals surface area contributed by atoms with E-state index < -0.39 is 6.10 Å². The molecule has 0 aromatic rings. The number of hydrogen-bond acceptors (Lipinski definition) is 3. The van der Waals surface area contributed by atoms with E-state index >= 15 is 0 Å². The summed E-state index contributed by atoms with van der Waals surface area (Å²) < 4.78 is 0. The normalized spacial score (nSPS) is 11.9. The maximum atomic E-state index is 11.0. The van der Waals surface area contributed by atoms with Crippen LogP contribution in [0.5, 0.6) is 0 Å². The molecule has 0 aliphatic rings. The zero-order valence-electron chi connectivity index (χ0n) is 7.96. The van der Waals surface area contributed by atoms with Gasteiger partial charge in [0.2, 0.25) is 11.8 Å². The lowest BCUT2D eigenvalue weighted by atomic mass is 10.3. The first-order valence-corrected chi connectivity index (χ1v) is 4.21. The first-order valence-electron chi connectivity index (χ1n) is 4.21. The fourth-order valence-corrected chi connectivity index (χ4v) is 0.702. The summed E-state index contributed by atoms with van der Waals surface area (Å²) in [5.41, 5.74) is 0. The van der Waals surface area contributed by atoms with Crippen molar-refractivity contribution in [2.24, 2.45) is 0 Å². The Balaban J connectivity index is 3.35. The first-order chi connectivity index (χ1) is 6.02. The summed E-state index contributed by atoms with van der Waals surface area (Å²) in [6.07, 6.45) is -0.295. The van der Waals surface area contributed by atoms with Crippen LogP contribution in [-0.4, -0.2) is 36.1 Å². The Morgan fingerprint density at radius 3 is 2.46 bits per heavy atom. The Morgan fingerprint density at radius 1 is 1.38 bits per heavy atom. The molecule has 0 radical (unpaired) electrons. The van der Waals surface area contributed by atoms with Gasteiger partial charge in [0, 0.05) is 26.4 Å². The summed E-state index contributed by atoms with van der Waals surface area (Å²) in [5.74, 6) is -0.321. The van der Waals surface area contributed by atoms with Crippen molar-refractivity contribution in [3.63, 3.8) is 0 Å². The highest BCUT2D eigenvalue weighted by Gasteiger charge is 2.02. The van der Waals surface area contributed by atoms with E-state index in [1.54, 1.807) is 6.92 Å². The minimum atomic E-state index is -0.537. The number of carbonyl (C=O) groups is 2. The molecule has 76 valence electrons. The minimum Gasteiger partial charge on any atom is -0.392 e. The molecule has 0 spiro atoms. The van der Waals surface area contributed by atoms with E-state index in [2.05, 4.69) is 10.6 Å². The van der Waals surface area contributed by atoms with Gasteiger partial charge in [-0.05, 0) is 6.92 Å². The Kier molecular flexibility index (Phi) is 5.88. The van der Waals surface area contributed by atoms with Crippen LogP contribution in [0.1, 0.15) is 20.3 Å². The molecule has 0 heterocycles. The first kappa shape index (κ1) is 11.9. The highest BCUT2D eigenvalue weighted by Crippen LogP contribution is 1.80. The summed E-state index contributed by atoms with van der Waals surface area (Å²) in [7, 11) is 0. The maximum Gasteiger partial charge on any atom is 0.221 e. The molecule has 0 aromatic carbocycles. The molecule has 0 rings (SSSR count). The van der Waals surface area contributed by atoms with Crippen LogP contribution in [0.15, 0.2) is 0 Å². The monoisotopic (exact) mass is 188 g/mol. The van der Waals surface area contributed by atoms with Crippen molar-refractivity contribution in [3.05, 3.63) is 0 Å². The topological polar surface area (TPSA) is 78.4 Å². The van der Waals surface area contributed by atoms with Crippen molar-refractivity contribution in [1.29, 1.82) is 0 Å². The van der Waals surface area contributed by atoms with Gasteiger partial charge in [0.15, 0.2) is 0 Å². The van der Waals surface area contributed by atoms with Crippen molar-refractivity contribution >= 4 is 11.8 Å². The van der Waals surface area contributed by atoms with Crippen molar-refractivity contribution in [1.82, 2.24) is 10.6 Å². The lowest BCUT2D eigenvalue weighted by Crippen LogP contribution is -2.33. The lowest BCUT2D eigenvalue weighted by molar-refractivity contribution is -0.121. The SMILES string of the molecule is CC(=O)NCCC(=O)NC[C@@H](C)O. The van der Waals surface area contributed by atoms with Gasteiger partial charge in [0.1, 0.15) is 0 Å². The van der Waals surface area contributed by atoms with Gasteiger partial charge in [-0.15, -0.1) is 0 Å².